The number of carbonyl (C=O) groups is 1. The van der Waals surface area contributed by atoms with Gasteiger partial charge in [0.05, 0.1) is 0 Å². The molecule has 0 saturated heterocycles. The number of anilines is 1. The highest BCUT2D eigenvalue weighted by Gasteiger charge is 2.07. The SMILES string of the molecule is Cc1cc(C)cc(NC(=O)CC(C)CN)c1. The van der Waals surface area contributed by atoms with Gasteiger partial charge in [-0.15, -0.1) is 0 Å². The zero-order valence-electron chi connectivity index (χ0n) is 10.2. The van der Waals surface area contributed by atoms with Crippen molar-refractivity contribution >= 4 is 11.6 Å². The van der Waals surface area contributed by atoms with Gasteiger partial charge in [-0.2, -0.15) is 0 Å². The lowest BCUT2D eigenvalue weighted by atomic mass is 10.1. The Kier molecular flexibility index (Phi) is 4.50. The second-order valence-corrected chi connectivity index (χ2v) is 4.47. The summed E-state index contributed by atoms with van der Waals surface area (Å²) in [6, 6.07) is 6.02. The van der Waals surface area contributed by atoms with E-state index in [1.54, 1.807) is 0 Å². The second kappa shape index (κ2) is 5.66. The van der Waals surface area contributed by atoms with Gasteiger partial charge >= 0.3 is 0 Å². The van der Waals surface area contributed by atoms with Crippen LogP contribution in [0.4, 0.5) is 5.69 Å². The number of hydrogen-bond donors (Lipinski definition) is 2. The van der Waals surface area contributed by atoms with Crippen LogP contribution in [0.3, 0.4) is 0 Å². The first-order valence-electron chi connectivity index (χ1n) is 5.59. The molecule has 0 aliphatic rings. The molecule has 16 heavy (non-hydrogen) atoms. The van der Waals surface area contributed by atoms with Gasteiger partial charge in [-0.05, 0) is 49.6 Å². The molecule has 0 bridgehead atoms. The summed E-state index contributed by atoms with van der Waals surface area (Å²) in [6.07, 6.45) is 0.476. The molecule has 1 aromatic carbocycles. The van der Waals surface area contributed by atoms with Crippen molar-refractivity contribution in [2.24, 2.45) is 11.7 Å². The number of nitrogens with two attached hydrogens (primary N) is 1. The van der Waals surface area contributed by atoms with Crippen molar-refractivity contribution in [1.29, 1.82) is 0 Å². The summed E-state index contributed by atoms with van der Waals surface area (Å²) in [5, 5.41) is 2.89. The minimum atomic E-state index is 0.0305. The molecule has 0 spiro atoms. The molecule has 88 valence electrons. The molecule has 3 N–H and O–H groups in total. The van der Waals surface area contributed by atoms with E-state index in [1.165, 1.54) is 0 Å². The van der Waals surface area contributed by atoms with Gasteiger partial charge in [0.25, 0.3) is 0 Å². The Balaban J connectivity index is 2.62. The van der Waals surface area contributed by atoms with Crippen molar-refractivity contribution in [2.45, 2.75) is 27.2 Å². The fourth-order valence-corrected chi connectivity index (χ4v) is 1.66. The standard InChI is InChI=1S/C13H20N2O/c1-9-4-10(2)6-12(5-9)15-13(16)7-11(3)8-14/h4-6,11H,7-8,14H2,1-3H3,(H,15,16). The molecule has 0 aliphatic carbocycles. The minimum absolute atomic E-state index is 0.0305. The summed E-state index contributed by atoms with van der Waals surface area (Å²) >= 11 is 0. The van der Waals surface area contributed by atoms with E-state index >= 15 is 0 Å². The first kappa shape index (κ1) is 12.7. The predicted octanol–water partition coefficient (Wildman–Crippen LogP) is 2.23. The van der Waals surface area contributed by atoms with Gasteiger partial charge in [0, 0.05) is 12.1 Å². The zero-order valence-corrected chi connectivity index (χ0v) is 10.2. The number of hydrogen-bond acceptors (Lipinski definition) is 2. The Labute approximate surface area is 97.0 Å². The maximum absolute atomic E-state index is 11.6. The highest BCUT2D eigenvalue weighted by molar-refractivity contribution is 5.91. The molecule has 0 saturated carbocycles. The third kappa shape index (κ3) is 4.03. The van der Waals surface area contributed by atoms with Crippen LogP contribution in [0.1, 0.15) is 24.5 Å². The van der Waals surface area contributed by atoms with Crippen LogP contribution in [0, 0.1) is 19.8 Å². The van der Waals surface area contributed by atoms with Gasteiger partial charge in [-0.3, -0.25) is 4.79 Å². The number of carbonyl (C=O) groups excluding carboxylic acids is 1. The monoisotopic (exact) mass is 220 g/mol. The molecule has 0 aromatic heterocycles. The van der Waals surface area contributed by atoms with Crippen LogP contribution in [0.5, 0.6) is 0 Å². The highest BCUT2D eigenvalue weighted by Crippen LogP contribution is 2.14. The van der Waals surface area contributed by atoms with Crippen molar-refractivity contribution in [3.05, 3.63) is 29.3 Å². The number of amides is 1. The van der Waals surface area contributed by atoms with Crippen molar-refractivity contribution in [3.63, 3.8) is 0 Å². The Bertz CT molecular complexity index is 354. The average Bonchev–Trinajstić information content (AvgIpc) is 2.15. The van der Waals surface area contributed by atoms with Crippen LogP contribution < -0.4 is 11.1 Å². The van der Waals surface area contributed by atoms with E-state index in [0.29, 0.717) is 13.0 Å². The lowest BCUT2D eigenvalue weighted by Gasteiger charge is -2.10. The summed E-state index contributed by atoms with van der Waals surface area (Å²) < 4.78 is 0. The average molecular weight is 220 g/mol. The summed E-state index contributed by atoms with van der Waals surface area (Å²) in [5.41, 5.74) is 8.66. The highest BCUT2D eigenvalue weighted by atomic mass is 16.1. The van der Waals surface area contributed by atoms with Crippen LogP contribution in [0.15, 0.2) is 18.2 Å². The predicted molar refractivity (Wildman–Crippen MR) is 67.4 cm³/mol. The van der Waals surface area contributed by atoms with Crippen LogP contribution >= 0.6 is 0 Å². The molecule has 1 unspecified atom stereocenters. The molecule has 0 fully saturated rings. The van der Waals surface area contributed by atoms with E-state index in [0.717, 1.165) is 16.8 Å². The van der Waals surface area contributed by atoms with E-state index < -0.39 is 0 Å². The van der Waals surface area contributed by atoms with Crippen molar-refractivity contribution in [3.8, 4) is 0 Å². The summed E-state index contributed by atoms with van der Waals surface area (Å²) in [5.74, 6) is 0.258. The van der Waals surface area contributed by atoms with E-state index in [9.17, 15) is 4.79 Å². The Morgan fingerprint density at radius 2 is 1.88 bits per heavy atom. The Hall–Kier alpha value is -1.35. The van der Waals surface area contributed by atoms with Crippen molar-refractivity contribution in [1.82, 2.24) is 0 Å². The third-order valence-corrected chi connectivity index (χ3v) is 2.44. The minimum Gasteiger partial charge on any atom is -0.330 e. The van der Waals surface area contributed by atoms with E-state index in [-0.39, 0.29) is 11.8 Å². The molecule has 3 heteroatoms. The summed E-state index contributed by atoms with van der Waals surface area (Å²) in [4.78, 5) is 11.6. The van der Waals surface area contributed by atoms with E-state index in [2.05, 4.69) is 11.4 Å². The van der Waals surface area contributed by atoms with Gasteiger partial charge < -0.3 is 11.1 Å². The number of nitrogens with one attached hydrogen (secondary N) is 1. The van der Waals surface area contributed by atoms with Gasteiger partial charge in [-0.25, -0.2) is 0 Å². The molecule has 3 nitrogen and oxygen atoms in total. The quantitative estimate of drug-likeness (QED) is 0.817. The van der Waals surface area contributed by atoms with E-state index in [1.807, 2.05) is 32.9 Å². The molecule has 1 rings (SSSR count). The maximum atomic E-state index is 11.6. The zero-order chi connectivity index (χ0) is 12.1. The van der Waals surface area contributed by atoms with Crippen LogP contribution in [-0.2, 0) is 4.79 Å². The fraction of sp³-hybridized carbons (Fsp3) is 0.462. The molecule has 0 radical (unpaired) electrons. The van der Waals surface area contributed by atoms with Crippen molar-refractivity contribution < 1.29 is 4.79 Å². The third-order valence-electron chi connectivity index (χ3n) is 2.44. The molecule has 1 atom stereocenters. The summed E-state index contributed by atoms with van der Waals surface area (Å²) in [7, 11) is 0. The van der Waals surface area contributed by atoms with Gasteiger partial charge in [0.15, 0.2) is 0 Å². The first-order chi connectivity index (χ1) is 7.51. The van der Waals surface area contributed by atoms with Gasteiger partial charge in [0.2, 0.25) is 5.91 Å². The molecule has 0 aliphatic heterocycles. The van der Waals surface area contributed by atoms with Gasteiger partial charge in [0.1, 0.15) is 0 Å². The fourth-order valence-electron chi connectivity index (χ4n) is 1.66. The van der Waals surface area contributed by atoms with Crippen LogP contribution in [0.25, 0.3) is 0 Å². The second-order valence-electron chi connectivity index (χ2n) is 4.47. The van der Waals surface area contributed by atoms with Crippen LogP contribution in [-0.4, -0.2) is 12.5 Å². The Morgan fingerprint density at radius 3 is 2.38 bits per heavy atom. The number of aryl methyl sites for hydroxylation is 2. The van der Waals surface area contributed by atoms with Crippen LogP contribution in [0.2, 0.25) is 0 Å². The van der Waals surface area contributed by atoms with Crippen molar-refractivity contribution in [2.75, 3.05) is 11.9 Å². The van der Waals surface area contributed by atoms with Gasteiger partial charge in [-0.1, -0.05) is 13.0 Å². The smallest absolute Gasteiger partial charge is 0.224 e. The largest absolute Gasteiger partial charge is 0.330 e. The topological polar surface area (TPSA) is 55.1 Å². The number of benzene rings is 1. The number of rotatable bonds is 4. The lowest BCUT2D eigenvalue weighted by molar-refractivity contribution is -0.116. The Morgan fingerprint density at radius 1 is 1.31 bits per heavy atom. The lowest BCUT2D eigenvalue weighted by Crippen LogP contribution is -2.20. The van der Waals surface area contributed by atoms with E-state index in [4.69, 9.17) is 5.73 Å². The summed E-state index contributed by atoms with van der Waals surface area (Å²) in [6.45, 7) is 6.55. The molecule has 0 heterocycles. The molecular weight excluding hydrogens is 200 g/mol. The normalized spacial score (nSPS) is 12.2. The first-order valence-corrected chi connectivity index (χ1v) is 5.59. The molecule has 1 aromatic rings. The molecular formula is C13H20N2O. The maximum Gasteiger partial charge on any atom is 0.224 e. The molecule has 1 amide bonds.